The maximum absolute atomic E-state index is 11.1. The van der Waals surface area contributed by atoms with E-state index in [-0.39, 0.29) is 32.4 Å². The number of amides is 4. The van der Waals surface area contributed by atoms with Crippen molar-refractivity contribution in [1.82, 2.24) is 10.6 Å². The lowest BCUT2D eigenvalue weighted by molar-refractivity contribution is -0.137. The number of carboxylic acid groups (broad SMARTS) is 1. The highest BCUT2D eigenvalue weighted by atomic mass is 16.5. The van der Waals surface area contributed by atoms with E-state index in [4.69, 9.17) is 5.11 Å². The van der Waals surface area contributed by atoms with Crippen molar-refractivity contribution in [3.8, 4) is 0 Å². The van der Waals surface area contributed by atoms with Crippen LogP contribution >= 0.6 is 0 Å². The number of primary amides is 1. The Balaban J connectivity index is 3.58. The van der Waals surface area contributed by atoms with E-state index in [1.54, 1.807) is 0 Å². The minimum Gasteiger partial charge on any atom is -0.481 e. The molecule has 0 saturated heterocycles. The molecule has 0 aliphatic heterocycles. The maximum Gasteiger partial charge on any atom is 0.404 e. The summed E-state index contributed by atoms with van der Waals surface area (Å²) in [4.78, 5) is 42.5. The third kappa shape index (κ3) is 10.2. The van der Waals surface area contributed by atoms with E-state index in [0.717, 1.165) is 0 Å². The van der Waals surface area contributed by atoms with Crippen LogP contribution in [-0.4, -0.2) is 42.3 Å². The number of nitrogens with two attached hydrogens (primary N) is 1. The summed E-state index contributed by atoms with van der Waals surface area (Å²) in [5, 5.41) is 12.6. The van der Waals surface area contributed by atoms with Crippen LogP contribution in [0.25, 0.3) is 0 Å². The van der Waals surface area contributed by atoms with Gasteiger partial charge in [0.25, 0.3) is 0 Å². The average Bonchev–Trinajstić information content (AvgIpc) is 2.23. The molecule has 0 fully saturated rings. The van der Waals surface area contributed by atoms with Gasteiger partial charge in [0.2, 0.25) is 5.91 Å². The van der Waals surface area contributed by atoms with E-state index in [9.17, 15) is 19.2 Å². The van der Waals surface area contributed by atoms with Crippen molar-refractivity contribution >= 4 is 24.0 Å². The summed E-state index contributed by atoms with van der Waals surface area (Å²) in [7, 11) is 0. The number of nitrogens with one attached hydrogen (secondary N) is 2. The molecule has 0 aliphatic carbocycles. The SMILES string of the molecule is NC(=O)OCCNC(=O)NC(=O)CCCC(=O)O. The van der Waals surface area contributed by atoms with Gasteiger partial charge in [-0.15, -0.1) is 0 Å². The number of rotatable bonds is 7. The Kier molecular flexibility index (Phi) is 7.66. The van der Waals surface area contributed by atoms with Crippen LogP contribution < -0.4 is 16.4 Å². The second kappa shape index (κ2) is 8.79. The smallest absolute Gasteiger partial charge is 0.404 e. The number of urea groups is 1. The van der Waals surface area contributed by atoms with Gasteiger partial charge in [0.1, 0.15) is 6.61 Å². The molecule has 5 N–H and O–H groups in total. The summed E-state index contributed by atoms with van der Waals surface area (Å²) in [6.07, 6.45) is -1.000. The van der Waals surface area contributed by atoms with Gasteiger partial charge in [-0.2, -0.15) is 0 Å². The van der Waals surface area contributed by atoms with Crippen molar-refractivity contribution in [3.05, 3.63) is 0 Å². The molecule has 0 aliphatic rings. The van der Waals surface area contributed by atoms with Crippen molar-refractivity contribution in [2.75, 3.05) is 13.2 Å². The topological polar surface area (TPSA) is 148 Å². The molecule has 9 heteroatoms. The third-order valence-electron chi connectivity index (χ3n) is 1.68. The van der Waals surface area contributed by atoms with Gasteiger partial charge in [0.15, 0.2) is 0 Å². The molecule has 0 aromatic carbocycles. The van der Waals surface area contributed by atoms with Crippen molar-refractivity contribution in [3.63, 3.8) is 0 Å². The average molecular weight is 261 g/mol. The first kappa shape index (κ1) is 15.7. The van der Waals surface area contributed by atoms with E-state index in [0.29, 0.717) is 0 Å². The van der Waals surface area contributed by atoms with Gasteiger partial charge in [0.05, 0.1) is 6.54 Å². The molecule has 0 aromatic rings. The molecule has 9 nitrogen and oxygen atoms in total. The zero-order valence-corrected chi connectivity index (χ0v) is 9.60. The first-order valence-corrected chi connectivity index (χ1v) is 5.13. The third-order valence-corrected chi connectivity index (χ3v) is 1.68. The van der Waals surface area contributed by atoms with Crippen molar-refractivity contribution < 1.29 is 29.0 Å². The monoisotopic (exact) mass is 261 g/mol. The van der Waals surface area contributed by atoms with Gasteiger partial charge in [-0.1, -0.05) is 0 Å². The van der Waals surface area contributed by atoms with E-state index in [2.05, 4.69) is 15.8 Å². The quantitative estimate of drug-likeness (QED) is 0.439. The first-order valence-electron chi connectivity index (χ1n) is 5.13. The first-order chi connectivity index (χ1) is 8.41. The molecular weight excluding hydrogens is 246 g/mol. The number of ether oxygens (including phenoxy) is 1. The number of carbonyl (C=O) groups excluding carboxylic acids is 3. The summed E-state index contributed by atoms with van der Waals surface area (Å²) in [6, 6.07) is -0.747. The van der Waals surface area contributed by atoms with Gasteiger partial charge >= 0.3 is 18.1 Å². The van der Waals surface area contributed by atoms with Crippen molar-refractivity contribution in [2.24, 2.45) is 5.73 Å². The molecule has 0 radical (unpaired) electrons. The number of carbonyl (C=O) groups is 4. The van der Waals surface area contributed by atoms with E-state index >= 15 is 0 Å². The summed E-state index contributed by atoms with van der Waals surface area (Å²) in [6.45, 7) is -0.0901. The Morgan fingerprint density at radius 3 is 2.39 bits per heavy atom. The van der Waals surface area contributed by atoms with E-state index in [1.165, 1.54) is 0 Å². The lowest BCUT2D eigenvalue weighted by Crippen LogP contribution is -2.41. The lowest BCUT2D eigenvalue weighted by Gasteiger charge is -2.06. The molecule has 0 rings (SSSR count). The molecule has 18 heavy (non-hydrogen) atoms. The fraction of sp³-hybridized carbons (Fsp3) is 0.556. The number of aliphatic carboxylic acids is 1. The summed E-state index contributed by atoms with van der Waals surface area (Å²) >= 11 is 0. The Morgan fingerprint density at radius 1 is 1.17 bits per heavy atom. The molecule has 0 heterocycles. The fourth-order valence-electron chi connectivity index (χ4n) is 0.950. The molecule has 0 saturated carbocycles. The van der Waals surface area contributed by atoms with Crippen molar-refractivity contribution in [1.29, 1.82) is 0 Å². The predicted molar refractivity (Wildman–Crippen MR) is 58.6 cm³/mol. The molecular formula is C9H15N3O6. The number of hydrogen-bond donors (Lipinski definition) is 4. The Morgan fingerprint density at radius 2 is 1.83 bits per heavy atom. The summed E-state index contributed by atoms with van der Waals surface area (Å²) < 4.78 is 4.33. The number of hydrogen-bond acceptors (Lipinski definition) is 5. The van der Waals surface area contributed by atoms with Crippen LogP contribution in [0.5, 0.6) is 0 Å². The van der Waals surface area contributed by atoms with Gasteiger partial charge < -0.3 is 20.9 Å². The maximum atomic E-state index is 11.1. The number of carboxylic acids is 1. The standard InChI is InChI=1S/C9H15N3O6/c10-8(16)18-5-4-11-9(17)12-6(13)2-1-3-7(14)15/h1-5H2,(H2,10,16)(H,14,15)(H2,11,12,13,17). The minimum absolute atomic E-state index is 0.0111. The minimum atomic E-state index is -1.00. The van der Waals surface area contributed by atoms with E-state index < -0.39 is 24.0 Å². The predicted octanol–water partition coefficient (Wildman–Crippen LogP) is -0.838. The second-order valence-corrected chi connectivity index (χ2v) is 3.22. The van der Waals surface area contributed by atoms with Crippen molar-refractivity contribution in [2.45, 2.75) is 19.3 Å². The summed E-state index contributed by atoms with van der Waals surface area (Å²) in [5.74, 6) is -1.58. The van der Waals surface area contributed by atoms with Crippen LogP contribution in [0, 0.1) is 0 Å². The molecule has 0 aromatic heterocycles. The van der Waals surface area contributed by atoms with Gasteiger partial charge in [-0.05, 0) is 6.42 Å². The number of imide groups is 1. The van der Waals surface area contributed by atoms with Crippen LogP contribution in [0.4, 0.5) is 9.59 Å². The second-order valence-electron chi connectivity index (χ2n) is 3.22. The normalized spacial score (nSPS) is 9.33. The fourth-order valence-corrected chi connectivity index (χ4v) is 0.950. The molecule has 102 valence electrons. The zero-order chi connectivity index (χ0) is 14.0. The lowest BCUT2D eigenvalue weighted by atomic mass is 10.2. The highest BCUT2D eigenvalue weighted by Crippen LogP contribution is 1.94. The highest BCUT2D eigenvalue weighted by Gasteiger charge is 2.08. The Hall–Kier alpha value is -2.32. The van der Waals surface area contributed by atoms with Crippen LogP contribution in [0.15, 0.2) is 0 Å². The van der Waals surface area contributed by atoms with E-state index in [1.807, 2.05) is 5.32 Å². The van der Waals surface area contributed by atoms with Crippen LogP contribution in [0.2, 0.25) is 0 Å². The van der Waals surface area contributed by atoms with Crippen LogP contribution in [0.1, 0.15) is 19.3 Å². The Bertz CT molecular complexity index is 330. The molecule has 0 spiro atoms. The molecule has 0 atom stereocenters. The van der Waals surface area contributed by atoms with Gasteiger partial charge in [-0.25, -0.2) is 9.59 Å². The molecule has 4 amide bonds. The summed E-state index contributed by atoms with van der Waals surface area (Å²) in [5.41, 5.74) is 4.68. The Labute approximate surface area is 103 Å². The molecule has 0 bridgehead atoms. The van der Waals surface area contributed by atoms with Crippen LogP contribution in [-0.2, 0) is 14.3 Å². The molecule has 0 unspecified atom stereocenters. The largest absolute Gasteiger partial charge is 0.481 e. The van der Waals surface area contributed by atoms with Gasteiger partial charge in [0, 0.05) is 12.8 Å². The van der Waals surface area contributed by atoms with Crippen LogP contribution in [0.3, 0.4) is 0 Å². The zero-order valence-electron chi connectivity index (χ0n) is 9.60. The highest BCUT2D eigenvalue weighted by molar-refractivity contribution is 5.94. The van der Waals surface area contributed by atoms with Gasteiger partial charge in [-0.3, -0.25) is 14.9 Å².